The fraction of sp³-hybridized carbons (Fsp3) is 0.0545. The van der Waals surface area contributed by atoms with Gasteiger partial charge >= 0.3 is 0 Å². The summed E-state index contributed by atoms with van der Waals surface area (Å²) in [4.78, 5) is 2.41. The average molecular weight is 735 g/mol. The Bertz CT molecular complexity index is 2850. The van der Waals surface area contributed by atoms with E-state index >= 15 is 0 Å². The van der Waals surface area contributed by atoms with Crippen LogP contribution in [0.1, 0.15) is 6.42 Å². The molecular formula is C55H46N2. The molecule has 0 amide bonds. The molecule has 7 aromatic rings. The number of allylic oxidation sites excluding steroid dienone is 16. The summed E-state index contributed by atoms with van der Waals surface area (Å²) in [5.74, 6) is 0.418. The first-order valence-corrected chi connectivity index (χ1v) is 19.5. The zero-order valence-electron chi connectivity index (χ0n) is 32.5. The number of nitrogens with zero attached hydrogens (tertiary/aromatic N) is 2. The maximum Gasteiger partial charge on any atom is 0.0574 e. The van der Waals surface area contributed by atoms with E-state index in [9.17, 15) is 0 Å². The Balaban J connectivity index is 0.000000331. The van der Waals surface area contributed by atoms with Crippen molar-refractivity contribution in [3.8, 4) is 11.1 Å². The number of hydrogen-bond acceptors (Lipinski definition) is 1. The van der Waals surface area contributed by atoms with Gasteiger partial charge in [0.2, 0.25) is 0 Å². The van der Waals surface area contributed by atoms with Gasteiger partial charge in [-0.1, -0.05) is 178 Å². The lowest BCUT2D eigenvalue weighted by molar-refractivity contribution is 0.732. The quantitative estimate of drug-likeness (QED) is 0.106. The first-order chi connectivity index (χ1) is 28.0. The molecule has 0 bridgehead atoms. The summed E-state index contributed by atoms with van der Waals surface area (Å²) >= 11 is 0. The second kappa shape index (κ2) is 16.3. The molecule has 57 heavy (non-hydrogen) atoms. The van der Waals surface area contributed by atoms with Gasteiger partial charge in [0.15, 0.2) is 0 Å². The Morgan fingerprint density at radius 3 is 1.91 bits per heavy atom. The van der Waals surface area contributed by atoms with Crippen LogP contribution in [0.2, 0.25) is 0 Å². The van der Waals surface area contributed by atoms with Gasteiger partial charge in [-0.05, 0) is 92.9 Å². The standard InChI is InChI=1S/C43H32N2.C12H14/c1-44-41-26-22-32(28-40(41)42-38-17-9-7-15-36(38)37-16-8-10-18-39(37)43(42)44)30-19-23-34(24-20-30)45(33-13-3-2-4-14-33)35-25-21-29-11-5-6-12-31(29)27-35;1-5-7-9-11(3)12(4)10-8-6-2/h2-26,28,31H,27H2,1H3;5-10H,1-4H2/b;9-7-,10-8-. The molecule has 276 valence electrons. The smallest absolute Gasteiger partial charge is 0.0574 e. The van der Waals surface area contributed by atoms with Crippen molar-refractivity contribution in [2.24, 2.45) is 13.0 Å². The lowest BCUT2D eigenvalue weighted by Gasteiger charge is -2.32. The van der Waals surface area contributed by atoms with Gasteiger partial charge in [0.1, 0.15) is 0 Å². The van der Waals surface area contributed by atoms with Crippen LogP contribution in [0, 0.1) is 5.92 Å². The summed E-state index contributed by atoms with van der Waals surface area (Å²) in [6, 6.07) is 44.5. The minimum Gasteiger partial charge on any atom is -0.343 e. The van der Waals surface area contributed by atoms with E-state index in [1.807, 2.05) is 24.3 Å². The van der Waals surface area contributed by atoms with Crippen LogP contribution in [0.15, 0.2) is 243 Å². The highest BCUT2D eigenvalue weighted by molar-refractivity contribution is 6.31. The van der Waals surface area contributed by atoms with Gasteiger partial charge in [-0.15, -0.1) is 0 Å². The largest absolute Gasteiger partial charge is 0.343 e. The summed E-state index contributed by atoms with van der Waals surface area (Å²) in [5.41, 5.74) is 11.8. The number of aromatic nitrogens is 1. The minimum absolute atomic E-state index is 0.418. The molecule has 0 saturated carbocycles. The molecular weight excluding hydrogens is 689 g/mol. The zero-order valence-corrected chi connectivity index (χ0v) is 32.5. The Labute approximate surface area is 336 Å². The third kappa shape index (κ3) is 7.22. The van der Waals surface area contributed by atoms with Gasteiger partial charge in [-0.3, -0.25) is 0 Å². The summed E-state index contributed by atoms with van der Waals surface area (Å²) in [5, 5.41) is 7.86. The third-order valence-corrected chi connectivity index (χ3v) is 11.0. The molecule has 1 heterocycles. The van der Waals surface area contributed by atoms with Crippen LogP contribution < -0.4 is 4.90 Å². The van der Waals surface area contributed by atoms with Gasteiger partial charge in [-0.25, -0.2) is 0 Å². The summed E-state index contributed by atoms with van der Waals surface area (Å²) in [6.07, 6.45) is 25.2. The fourth-order valence-electron chi connectivity index (χ4n) is 8.13. The predicted octanol–water partition coefficient (Wildman–Crippen LogP) is 15.0. The number of fused-ring (bicyclic) bond motifs is 9. The van der Waals surface area contributed by atoms with Crippen molar-refractivity contribution in [2.75, 3.05) is 4.90 Å². The molecule has 9 rings (SSSR count). The monoisotopic (exact) mass is 734 g/mol. The molecule has 2 nitrogen and oxygen atoms in total. The number of rotatable bonds is 9. The Hall–Kier alpha value is -7.16. The van der Waals surface area contributed by atoms with E-state index in [-0.39, 0.29) is 0 Å². The van der Waals surface area contributed by atoms with Gasteiger partial charge in [0.25, 0.3) is 0 Å². The Morgan fingerprint density at radius 1 is 0.632 bits per heavy atom. The van der Waals surface area contributed by atoms with Crippen molar-refractivity contribution >= 4 is 54.7 Å². The zero-order chi connectivity index (χ0) is 39.3. The van der Waals surface area contributed by atoms with Gasteiger partial charge in [0.05, 0.1) is 5.52 Å². The number of hydrogen-bond donors (Lipinski definition) is 0. The second-order valence-electron chi connectivity index (χ2n) is 14.4. The molecule has 1 atom stereocenters. The van der Waals surface area contributed by atoms with Crippen LogP contribution in [0.25, 0.3) is 54.5 Å². The predicted molar refractivity (Wildman–Crippen MR) is 249 cm³/mol. The van der Waals surface area contributed by atoms with E-state index in [0.29, 0.717) is 5.92 Å². The molecule has 2 aliphatic carbocycles. The van der Waals surface area contributed by atoms with Crippen LogP contribution >= 0.6 is 0 Å². The molecule has 0 spiro atoms. The van der Waals surface area contributed by atoms with Crippen molar-refractivity contribution in [2.45, 2.75) is 6.42 Å². The van der Waals surface area contributed by atoms with Crippen LogP contribution in [0.5, 0.6) is 0 Å². The third-order valence-electron chi connectivity index (χ3n) is 11.0. The Kier molecular flexibility index (Phi) is 10.5. The topological polar surface area (TPSA) is 8.17 Å². The number of benzene rings is 6. The normalized spacial score (nSPS) is 14.7. The molecule has 0 fully saturated rings. The molecule has 2 heteroatoms. The highest BCUT2D eigenvalue weighted by atomic mass is 15.1. The van der Waals surface area contributed by atoms with Crippen LogP contribution in [0.4, 0.5) is 11.4 Å². The first-order valence-electron chi connectivity index (χ1n) is 19.5. The van der Waals surface area contributed by atoms with Gasteiger partial charge in [-0.2, -0.15) is 0 Å². The lowest BCUT2D eigenvalue weighted by atomic mass is 9.86. The minimum atomic E-state index is 0.418. The highest BCUT2D eigenvalue weighted by Gasteiger charge is 2.23. The van der Waals surface area contributed by atoms with E-state index < -0.39 is 0 Å². The molecule has 0 saturated heterocycles. The van der Waals surface area contributed by atoms with Crippen molar-refractivity contribution in [3.05, 3.63) is 243 Å². The maximum atomic E-state index is 3.83. The van der Waals surface area contributed by atoms with Crippen LogP contribution in [-0.4, -0.2) is 4.57 Å². The molecule has 0 aliphatic heterocycles. The molecule has 2 aliphatic rings. The maximum absolute atomic E-state index is 3.83. The van der Waals surface area contributed by atoms with Crippen molar-refractivity contribution in [1.82, 2.24) is 4.57 Å². The van der Waals surface area contributed by atoms with E-state index in [4.69, 9.17) is 0 Å². The molecule has 1 aromatic heterocycles. The van der Waals surface area contributed by atoms with Crippen molar-refractivity contribution < 1.29 is 0 Å². The van der Waals surface area contributed by atoms with Crippen molar-refractivity contribution in [1.29, 1.82) is 0 Å². The van der Waals surface area contributed by atoms with Gasteiger partial charge < -0.3 is 9.47 Å². The van der Waals surface area contributed by atoms with E-state index in [2.05, 4.69) is 201 Å². The fourth-order valence-corrected chi connectivity index (χ4v) is 8.13. The Morgan fingerprint density at radius 2 is 1.23 bits per heavy atom. The molecule has 0 N–H and O–H groups in total. The summed E-state index contributed by atoms with van der Waals surface area (Å²) in [6.45, 7) is 14.8. The number of aryl methyl sites for hydroxylation is 1. The average Bonchev–Trinajstić information content (AvgIpc) is 3.57. The van der Waals surface area contributed by atoms with E-state index in [1.54, 1.807) is 12.2 Å². The van der Waals surface area contributed by atoms with Crippen LogP contribution in [-0.2, 0) is 7.05 Å². The van der Waals surface area contributed by atoms with Crippen molar-refractivity contribution in [3.63, 3.8) is 0 Å². The lowest BCUT2D eigenvalue weighted by Crippen LogP contribution is -2.21. The van der Waals surface area contributed by atoms with Crippen LogP contribution in [0.3, 0.4) is 0 Å². The first kappa shape index (κ1) is 36.8. The SMILES string of the molecule is C=C/C=C\C(=C)C(=C)/C=C\C=C.Cn1c2ccc(-c3ccc(N(C4=CC=C5C=CC=CC5C4)c4ccccc4)cc3)cc2c2c3ccccc3c3ccccc3c21. The second-order valence-corrected chi connectivity index (χ2v) is 14.4. The number of anilines is 2. The molecule has 1 unspecified atom stereocenters. The van der Waals surface area contributed by atoms with E-state index in [1.165, 1.54) is 77.1 Å². The summed E-state index contributed by atoms with van der Waals surface area (Å²) in [7, 11) is 2.20. The molecule has 0 radical (unpaired) electrons. The summed E-state index contributed by atoms with van der Waals surface area (Å²) < 4.78 is 2.37. The van der Waals surface area contributed by atoms with Gasteiger partial charge in [0, 0.05) is 51.7 Å². The highest BCUT2D eigenvalue weighted by Crippen LogP contribution is 2.42. The number of para-hydroxylation sites is 1. The molecule has 6 aromatic carbocycles. The van der Waals surface area contributed by atoms with E-state index in [0.717, 1.165) is 17.6 Å².